The fraction of sp³-hybridized carbons (Fsp3) is 0.381. The predicted molar refractivity (Wildman–Crippen MR) is 106 cm³/mol. The number of amides is 1. The quantitative estimate of drug-likeness (QED) is 0.746. The Hall–Kier alpha value is -2.41. The third-order valence-corrected chi connectivity index (χ3v) is 4.41. The number of anilines is 1. The van der Waals surface area contributed by atoms with Gasteiger partial charge in [0.2, 0.25) is 5.91 Å². The van der Waals surface area contributed by atoms with Crippen molar-refractivity contribution >= 4 is 11.6 Å². The summed E-state index contributed by atoms with van der Waals surface area (Å²) < 4.78 is 11.2. The van der Waals surface area contributed by atoms with Gasteiger partial charge in [0.15, 0.2) is 0 Å². The first-order chi connectivity index (χ1) is 13.2. The minimum absolute atomic E-state index is 0.0443. The van der Waals surface area contributed by atoms with Crippen molar-refractivity contribution in [2.24, 2.45) is 5.73 Å². The normalized spacial score (nSPS) is 17.4. The van der Waals surface area contributed by atoms with Crippen LogP contribution in [0, 0.1) is 0 Å². The van der Waals surface area contributed by atoms with Crippen molar-refractivity contribution in [2.45, 2.75) is 19.1 Å². The van der Waals surface area contributed by atoms with Crippen LogP contribution in [-0.4, -0.2) is 49.8 Å². The molecule has 0 aliphatic carbocycles. The van der Waals surface area contributed by atoms with Gasteiger partial charge < -0.3 is 20.5 Å². The third-order valence-electron chi connectivity index (χ3n) is 4.41. The van der Waals surface area contributed by atoms with Gasteiger partial charge in [-0.25, -0.2) is 0 Å². The highest BCUT2D eigenvalue weighted by Crippen LogP contribution is 2.17. The first kappa shape index (κ1) is 19.4. The van der Waals surface area contributed by atoms with Gasteiger partial charge in [-0.05, 0) is 29.8 Å². The molecule has 2 aromatic carbocycles. The molecular weight excluding hydrogens is 342 g/mol. The Labute approximate surface area is 160 Å². The summed E-state index contributed by atoms with van der Waals surface area (Å²) in [6.07, 6.45) is 0.256. The van der Waals surface area contributed by atoms with Crippen molar-refractivity contribution in [2.75, 3.05) is 38.2 Å². The van der Waals surface area contributed by atoms with E-state index in [9.17, 15) is 4.79 Å². The maximum atomic E-state index is 12.3. The molecule has 0 radical (unpaired) electrons. The van der Waals surface area contributed by atoms with Gasteiger partial charge in [-0.2, -0.15) is 0 Å². The molecule has 6 nitrogen and oxygen atoms in total. The van der Waals surface area contributed by atoms with Crippen LogP contribution in [0.15, 0.2) is 54.6 Å². The number of carbonyl (C=O) groups excluding carboxylic acids is 1. The third kappa shape index (κ3) is 6.36. The van der Waals surface area contributed by atoms with Crippen LogP contribution < -0.4 is 15.8 Å². The largest absolute Gasteiger partial charge is 0.492 e. The Bertz CT molecular complexity index is 706. The molecule has 2 aromatic rings. The van der Waals surface area contributed by atoms with Gasteiger partial charge >= 0.3 is 0 Å². The summed E-state index contributed by atoms with van der Waals surface area (Å²) in [5, 5.41) is 2.92. The van der Waals surface area contributed by atoms with Crippen molar-refractivity contribution in [1.29, 1.82) is 0 Å². The summed E-state index contributed by atoms with van der Waals surface area (Å²) in [6.45, 7) is 4.13. The zero-order valence-electron chi connectivity index (χ0n) is 15.5. The maximum Gasteiger partial charge on any atom is 0.227 e. The molecule has 6 heteroatoms. The van der Waals surface area contributed by atoms with Crippen LogP contribution in [0.5, 0.6) is 5.75 Å². The zero-order valence-corrected chi connectivity index (χ0v) is 15.5. The molecule has 1 saturated heterocycles. The monoisotopic (exact) mass is 369 g/mol. The smallest absolute Gasteiger partial charge is 0.227 e. The van der Waals surface area contributed by atoms with Crippen molar-refractivity contribution < 1.29 is 14.3 Å². The van der Waals surface area contributed by atoms with Crippen LogP contribution in [0.3, 0.4) is 0 Å². The summed E-state index contributed by atoms with van der Waals surface area (Å²) in [5.74, 6) is 0.697. The number of nitrogens with two attached hydrogens (primary N) is 1. The Balaban J connectivity index is 1.45. The van der Waals surface area contributed by atoms with E-state index in [-0.39, 0.29) is 12.0 Å². The van der Waals surface area contributed by atoms with Gasteiger partial charge in [-0.15, -0.1) is 0 Å². The summed E-state index contributed by atoms with van der Waals surface area (Å²) >= 11 is 0. The first-order valence-corrected chi connectivity index (χ1v) is 9.33. The lowest BCUT2D eigenvalue weighted by Crippen LogP contribution is -2.43. The van der Waals surface area contributed by atoms with E-state index in [1.165, 1.54) is 5.56 Å². The molecule has 1 aliphatic heterocycles. The maximum absolute atomic E-state index is 12.3. The second kappa shape index (κ2) is 10.1. The van der Waals surface area contributed by atoms with Crippen LogP contribution in [0.2, 0.25) is 0 Å². The highest BCUT2D eigenvalue weighted by atomic mass is 16.5. The molecule has 144 valence electrons. The SMILES string of the molecule is NCCOc1ccc(NC(=O)CC2CN(Cc3ccccc3)CCO2)cc1. The number of ether oxygens (including phenoxy) is 2. The highest BCUT2D eigenvalue weighted by Gasteiger charge is 2.23. The Morgan fingerprint density at radius 1 is 1.19 bits per heavy atom. The zero-order chi connectivity index (χ0) is 18.9. The Kier molecular flexibility index (Phi) is 7.21. The van der Waals surface area contributed by atoms with Gasteiger partial charge in [0, 0.05) is 31.9 Å². The molecule has 1 heterocycles. The predicted octanol–water partition coefficient (Wildman–Crippen LogP) is 2.25. The lowest BCUT2D eigenvalue weighted by atomic mass is 10.1. The lowest BCUT2D eigenvalue weighted by Gasteiger charge is -2.32. The molecule has 3 rings (SSSR count). The number of hydrogen-bond acceptors (Lipinski definition) is 5. The lowest BCUT2D eigenvalue weighted by molar-refractivity contribution is -0.121. The molecule has 1 atom stereocenters. The van der Waals surface area contributed by atoms with Crippen LogP contribution in [0.25, 0.3) is 0 Å². The van der Waals surface area contributed by atoms with E-state index >= 15 is 0 Å². The molecule has 0 bridgehead atoms. The first-order valence-electron chi connectivity index (χ1n) is 9.33. The van der Waals surface area contributed by atoms with Crippen LogP contribution >= 0.6 is 0 Å². The highest BCUT2D eigenvalue weighted by molar-refractivity contribution is 5.91. The standard InChI is InChI=1S/C21H27N3O3/c22-10-12-26-19-8-6-18(7-9-19)23-21(25)14-20-16-24(11-13-27-20)15-17-4-2-1-3-5-17/h1-9,20H,10-16,22H2,(H,23,25). The van der Waals surface area contributed by atoms with Crippen molar-refractivity contribution in [1.82, 2.24) is 4.90 Å². The van der Waals surface area contributed by atoms with E-state index < -0.39 is 0 Å². The molecule has 3 N–H and O–H groups in total. The summed E-state index contributed by atoms with van der Waals surface area (Å²) in [6, 6.07) is 17.7. The van der Waals surface area contributed by atoms with E-state index in [1.54, 1.807) is 0 Å². The molecular formula is C21H27N3O3. The van der Waals surface area contributed by atoms with E-state index in [0.717, 1.165) is 31.1 Å². The summed E-state index contributed by atoms with van der Waals surface area (Å²) in [5.41, 5.74) is 7.44. The minimum atomic E-state index is -0.0883. The molecule has 1 aliphatic rings. The van der Waals surface area contributed by atoms with Crippen LogP contribution in [0.4, 0.5) is 5.69 Å². The van der Waals surface area contributed by atoms with Crippen LogP contribution in [-0.2, 0) is 16.1 Å². The molecule has 0 aromatic heterocycles. The van der Waals surface area contributed by atoms with Crippen molar-refractivity contribution in [3.05, 3.63) is 60.2 Å². The Morgan fingerprint density at radius 3 is 2.70 bits per heavy atom. The number of nitrogens with one attached hydrogen (secondary N) is 1. The molecule has 0 saturated carbocycles. The number of nitrogens with zero attached hydrogens (tertiary/aromatic N) is 1. The van der Waals surface area contributed by atoms with Gasteiger partial charge in [-0.3, -0.25) is 9.69 Å². The van der Waals surface area contributed by atoms with Crippen molar-refractivity contribution in [3.63, 3.8) is 0 Å². The fourth-order valence-electron chi connectivity index (χ4n) is 3.12. The number of benzene rings is 2. The van der Waals surface area contributed by atoms with Gasteiger partial charge in [0.05, 0.1) is 19.1 Å². The van der Waals surface area contributed by atoms with E-state index in [2.05, 4.69) is 22.3 Å². The van der Waals surface area contributed by atoms with E-state index in [0.29, 0.717) is 26.2 Å². The fourth-order valence-corrected chi connectivity index (χ4v) is 3.12. The van der Waals surface area contributed by atoms with Crippen molar-refractivity contribution in [3.8, 4) is 5.75 Å². The average Bonchev–Trinajstić information content (AvgIpc) is 2.68. The van der Waals surface area contributed by atoms with E-state index in [1.807, 2.05) is 42.5 Å². The second-order valence-corrected chi connectivity index (χ2v) is 6.63. The summed E-state index contributed by atoms with van der Waals surface area (Å²) in [7, 11) is 0. The summed E-state index contributed by atoms with van der Waals surface area (Å²) in [4.78, 5) is 14.7. The Morgan fingerprint density at radius 2 is 1.96 bits per heavy atom. The van der Waals surface area contributed by atoms with E-state index in [4.69, 9.17) is 15.2 Å². The van der Waals surface area contributed by atoms with Crippen LogP contribution in [0.1, 0.15) is 12.0 Å². The number of carbonyl (C=O) groups is 1. The molecule has 27 heavy (non-hydrogen) atoms. The van der Waals surface area contributed by atoms with Gasteiger partial charge in [0.1, 0.15) is 12.4 Å². The number of hydrogen-bond donors (Lipinski definition) is 2. The average molecular weight is 369 g/mol. The molecule has 1 fully saturated rings. The number of rotatable bonds is 8. The number of morpholine rings is 1. The minimum Gasteiger partial charge on any atom is -0.492 e. The molecule has 1 amide bonds. The topological polar surface area (TPSA) is 76.8 Å². The van der Waals surface area contributed by atoms with Gasteiger partial charge in [0.25, 0.3) is 0 Å². The molecule has 0 spiro atoms. The molecule has 1 unspecified atom stereocenters. The second-order valence-electron chi connectivity index (χ2n) is 6.63. The van der Waals surface area contributed by atoms with Gasteiger partial charge in [-0.1, -0.05) is 30.3 Å².